The number of imidazole rings is 1. The number of aromatic nitrogens is 2. The Balaban J connectivity index is 1.83. The van der Waals surface area contributed by atoms with E-state index in [1.807, 2.05) is 0 Å². The van der Waals surface area contributed by atoms with Gasteiger partial charge in [0.15, 0.2) is 0 Å². The van der Waals surface area contributed by atoms with Crippen LogP contribution in [0.3, 0.4) is 0 Å². The fourth-order valence-corrected chi connectivity index (χ4v) is 3.53. The maximum absolute atomic E-state index is 13.4. The Morgan fingerprint density at radius 1 is 1.14 bits per heavy atom. The molecule has 1 aliphatic heterocycles. The number of carbonyl (C=O) groups excluding carboxylic acids is 1. The van der Waals surface area contributed by atoms with E-state index < -0.39 is 5.97 Å². The zero-order chi connectivity index (χ0) is 20.5. The molecule has 29 heavy (non-hydrogen) atoms. The van der Waals surface area contributed by atoms with E-state index in [2.05, 4.69) is 15.3 Å². The van der Waals surface area contributed by atoms with Crippen molar-refractivity contribution in [1.82, 2.24) is 15.3 Å². The molecule has 2 heterocycles. The lowest BCUT2D eigenvalue weighted by Crippen LogP contribution is -2.32. The van der Waals surface area contributed by atoms with Crippen LogP contribution in [0, 0.1) is 5.82 Å². The summed E-state index contributed by atoms with van der Waals surface area (Å²) in [6, 6.07) is 10.1. The lowest BCUT2D eigenvalue weighted by Gasteiger charge is -2.22. The van der Waals surface area contributed by atoms with Crippen LogP contribution < -0.4 is 5.32 Å². The van der Waals surface area contributed by atoms with Gasteiger partial charge in [0, 0.05) is 35.7 Å². The third-order valence-corrected chi connectivity index (χ3v) is 5.00. The number of H-pyrrole nitrogens is 1. The fraction of sp³-hybridized carbons (Fsp3) is 0.190. The number of carboxylic acid groups (broad SMARTS) is 1. The first-order chi connectivity index (χ1) is 13.9. The van der Waals surface area contributed by atoms with E-state index in [1.165, 1.54) is 24.3 Å². The first kappa shape index (κ1) is 18.7. The molecule has 1 fully saturated rings. The number of halogens is 1. The standard InChI is InChI=1S/C21H18FN3O4/c22-14-4-1-11(2-5-14)18-19(12-7-8-23-17(27)10-12)25-20(24-18)13-3-6-16(26)15(9-13)21(28)29/h1-6,9,12,26H,7-8,10H2,(H,23,27)(H,24,25)(H,28,29). The number of amides is 1. The lowest BCUT2D eigenvalue weighted by atomic mass is 9.91. The fourth-order valence-electron chi connectivity index (χ4n) is 3.53. The van der Waals surface area contributed by atoms with Gasteiger partial charge < -0.3 is 20.5 Å². The largest absolute Gasteiger partial charge is 0.507 e. The van der Waals surface area contributed by atoms with Crippen molar-refractivity contribution in [3.05, 3.63) is 59.5 Å². The van der Waals surface area contributed by atoms with Crippen molar-refractivity contribution in [1.29, 1.82) is 0 Å². The molecule has 7 nitrogen and oxygen atoms in total. The Morgan fingerprint density at radius 3 is 2.55 bits per heavy atom. The quantitative estimate of drug-likeness (QED) is 0.541. The minimum absolute atomic E-state index is 0.0553. The van der Waals surface area contributed by atoms with Crippen LogP contribution in [0.25, 0.3) is 22.6 Å². The van der Waals surface area contributed by atoms with Gasteiger partial charge in [-0.15, -0.1) is 0 Å². The summed E-state index contributed by atoms with van der Waals surface area (Å²) in [6.45, 7) is 0.545. The second-order valence-electron chi connectivity index (χ2n) is 6.93. The minimum atomic E-state index is -1.25. The summed E-state index contributed by atoms with van der Waals surface area (Å²) in [5.41, 5.74) is 2.26. The molecule has 0 spiro atoms. The van der Waals surface area contributed by atoms with E-state index >= 15 is 0 Å². The van der Waals surface area contributed by atoms with E-state index in [1.54, 1.807) is 18.2 Å². The van der Waals surface area contributed by atoms with Crippen LogP contribution in [0.4, 0.5) is 4.39 Å². The third kappa shape index (κ3) is 3.69. The molecule has 0 bridgehead atoms. The van der Waals surface area contributed by atoms with Crippen LogP contribution in [0.5, 0.6) is 5.75 Å². The summed E-state index contributed by atoms with van der Waals surface area (Å²) in [5, 5.41) is 21.8. The molecule has 1 aliphatic rings. The highest BCUT2D eigenvalue weighted by molar-refractivity contribution is 5.92. The zero-order valence-corrected chi connectivity index (χ0v) is 15.3. The number of aromatic hydroxyl groups is 1. The summed E-state index contributed by atoms with van der Waals surface area (Å²) in [5.74, 6) is -1.70. The molecular weight excluding hydrogens is 377 g/mol. The number of carbonyl (C=O) groups is 2. The Labute approximate surface area is 165 Å². The molecular formula is C21H18FN3O4. The van der Waals surface area contributed by atoms with Crippen LogP contribution in [-0.4, -0.2) is 38.6 Å². The van der Waals surface area contributed by atoms with Crippen molar-refractivity contribution in [2.75, 3.05) is 6.54 Å². The van der Waals surface area contributed by atoms with E-state index in [-0.39, 0.29) is 29.0 Å². The average Bonchev–Trinajstić information content (AvgIpc) is 3.14. The molecule has 2 aromatic carbocycles. The van der Waals surface area contributed by atoms with Gasteiger partial charge in [-0.1, -0.05) is 0 Å². The van der Waals surface area contributed by atoms with Gasteiger partial charge in [-0.25, -0.2) is 14.2 Å². The maximum atomic E-state index is 13.4. The van der Waals surface area contributed by atoms with Gasteiger partial charge in [-0.2, -0.15) is 0 Å². The number of benzene rings is 2. The maximum Gasteiger partial charge on any atom is 0.339 e. The van der Waals surface area contributed by atoms with Gasteiger partial charge in [-0.3, -0.25) is 4.79 Å². The first-order valence-corrected chi connectivity index (χ1v) is 9.11. The summed E-state index contributed by atoms with van der Waals surface area (Å²) in [6.07, 6.45) is 1.02. The van der Waals surface area contributed by atoms with Crippen molar-refractivity contribution in [3.8, 4) is 28.4 Å². The Kier molecular flexibility index (Phi) is 4.75. The Bertz CT molecular complexity index is 1090. The van der Waals surface area contributed by atoms with Crippen molar-refractivity contribution < 1.29 is 24.2 Å². The van der Waals surface area contributed by atoms with Crippen LogP contribution in [-0.2, 0) is 4.79 Å². The smallest absolute Gasteiger partial charge is 0.339 e. The number of aromatic amines is 1. The SMILES string of the molecule is O=C1CC(c2[nH]c(-c3ccc(O)c(C(=O)O)c3)nc2-c2ccc(F)cc2)CCN1. The van der Waals surface area contributed by atoms with Crippen LogP contribution in [0.2, 0.25) is 0 Å². The van der Waals surface area contributed by atoms with Gasteiger partial charge in [-0.05, 0) is 48.9 Å². The number of piperidine rings is 1. The molecule has 4 N–H and O–H groups in total. The normalized spacial score (nSPS) is 16.4. The highest BCUT2D eigenvalue weighted by Crippen LogP contribution is 2.35. The highest BCUT2D eigenvalue weighted by atomic mass is 19.1. The molecule has 148 valence electrons. The van der Waals surface area contributed by atoms with E-state index in [9.17, 15) is 24.2 Å². The molecule has 4 rings (SSSR count). The predicted octanol–water partition coefficient (Wildman–Crippen LogP) is 3.28. The summed E-state index contributed by atoms with van der Waals surface area (Å²) in [7, 11) is 0. The predicted molar refractivity (Wildman–Crippen MR) is 103 cm³/mol. The molecule has 1 saturated heterocycles. The number of nitrogens with zero attached hydrogens (tertiary/aromatic N) is 1. The van der Waals surface area contributed by atoms with Gasteiger partial charge in [0.25, 0.3) is 0 Å². The Hall–Kier alpha value is -3.68. The molecule has 0 aliphatic carbocycles. The van der Waals surface area contributed by atoms with Crippen molar-refractivity contribution >= 4 is 11.9 Å². The van der Waals surface area contributed by atoms with Gasteiger partial charge in [0.1, 0.15) is 23.0 Å². The number of carboxylic acids is 1. The molecule has 3 aromatic rings. The summed E-state index contributed by atoms with van der Waals surface area (Å²) >= 11 is 0. The first-order valence-electron chi connectivity index (χ1n) is 9.11. The van der Waals surface area contributed by atoms with E-state index in [0.29, 0.717) is 35.6 Å². The van der Waals surface area contributed by atoms with Gasteiger partial charge >= 0.3 is 5.97 Å². The van der Waals surface area contributed by atoms with Crippen LogP contribution >= 0.6 is 0 Å². The van der Waals surface area contributed by atoms with E-state index in [4.69, 9.17) is 0 Å². The number of nitrogens with one attached hydrogen (secondary N) is 2. The topological polar surface area (TPSA) is 115 Å². The third-order valence-electron chi connectivity index (χ3n) is 5.00. The molecule has 1 amide bonds. The van der Waals surface area contributed by atoms with Crippen LogP contribution in [0.15, 0.2) is 42.5 Å². The molecule has 0 saturated carbocycles. The van der Waals surface area contributed by atoms with Crippen molar-refractivity contribution in [2.45, 2.75) is 18.8 Å². The molecule has 8 heteroatoms. The number of phenols is 1. The van der Waals surface area contributed by atoms with Gasteiger partial charge in [0.2, 0.25) is 5.91 Å². The second kappa shape index (κ2) is 7.38. The molecule has 0 radical (unpaired) electrons. The molecule has 1 atom stereocenters. The van der Waals surface area contributed by atoms with Crippen molar-refractivity contribution in [2.24, 2.45) is 0 Å². The van der Waals surface area contributed by atoms with Gasteiger partial charge in [0.05, 0.1) is 5.69 Å². The Morgan fingerprint density at radius 2 is 1.86 bits per heavy atom. The summed E-state index contributed by atoms with van der Waals surface area (Å²) < 4.78 is 13.4. The number of hydrogen-bond donors (Lipinski definition) is 4. The zero-order valence-electron chi connectivity index (χ0n) is 15.3. The van der Waals surface area contributed by atoms with E-state index in [0.717, 1.165) is 12.1 Å². The average molecular weight is 395 g/mol. The van der Waals surface area contributed by atoms with Crippen LogP contribution in [0.1, 0.15) is 34.8 Å². The highest BCUT2D eigenvalue weighted by Gasteiger charge is 2.27. The molecule has 1 aromatic heterocycles. The second-order valence-corrected chi connectivity index (χ2v) is 6.93. The summed E-state index contributed by atoms with van der Waals surface area (Å²) in [4.78, 5) is 31.1. The monoisotopic (exact) mass is 395 g/mol. The number of hydrogen-bond acceptors (Lipinski definition) is 4. The number of aromatic carboxylic acids is 1. The number of rotatable bonds is 4. The lowest BCUT2D eigenvalue weighted by molar-refractivity contribution is -0.122. The molecule has 1 unspecified atom stereocenters. The minimum Gasteiger partial charge on any atom is -0.507 e. The van der Waals surface area contributed by atoms with Crippen molar-refractivity contribution in [3.63, 3.8) is 0 Å².